The van der Waals surface area contributed by atoms with Gasteiger partial charge in [0.2, 0.25) is 10.0 Å². The van der Waals surface area contributed by atoms with Crippen LogP contribution in [-0.4, -0.2) is 24.4 Å². The molecule has 0 spiro atoms. The molecule has 6 heteroatoms. The summed E-state index contributed by atoms with van der Waals surface area (Å²) in [6, 6.07) is 14.9. The molecule has 1 N–H and O–H groups in total. The van der Waals surface area contributed by atoms with Crippen molar-refractivity contribution < 1.29 is 12.6 Å². The van der Waals surface area contributed by atoms with E-state index in [0.717, 1.165) is 5.56 Å². The summed E-state index contributed by atoms with van der Waals surface area (Å²) in [7, 11) is -4.98. The van der Waals surface area contributed by atoms with Gasteiger partial charge in [0, 0.05) is 10.6 Å². The van der Waals surface area contributed by atoms with Crippen LogP contribution in [0.2, 0.25) is 0 Å². The van der Waals surface area contributed by atoms with Crippen molar-refractivity contribution in [3.8, 4) is 0 Å². The summed E-state index contributed by atoms with van der Waals surface area (Å²) in [4.78, 5) is 0.842. The molecule has 0 aliphatic carbocycles. The highest BCUT2D eigenvalue weighted by Crippen LogP contribution is 2.12. The number of nitrogens with one attached hydrogen (secondary N) is 1. The van der Waals surface area contributed by atoms with E-state index < -0.39 is 26.9 Å². The van der Waals surface area contributed by atoms with Crippen LogP contribution in [-0.2, 0) is 20.8 Å². The number of sulfonamides is 1. The monoisotopic (exact) mass is 349 g/mol. The third-order valence-electron chi connectivity index (χ3n) is 3.26. The molecule has 0 saturated carbocycles. The Hall–Kier alpha value is -1.76. The molecule has 0 amide bonds. The summed E-state index contributed by atoms with van der Waals surface area (Å²) in [5.74, 6) is 0.138. The van der Waals surface area contributed by atoms with Crippen molar-refractivity contribution >= 4 is 20.8 Å². The topological polar surface area (TPSA) is 63.2 Å². The van der Waals surface area contributed by atoms with Crippen molar-refractivity contribution in [1.29, 1.82) is 0 Å². The molecule has 2 atom stereocenters. The maximum absolute atomic E-state index is 12.4. The van der Waals surface area contributed by atoms with E-state index in [4.69, 9.17) is 0 Å². The third-order valence-corrected chi connectivity index (χ3v) is 6.22. The standard InChI is InChI=1S/C17H19NO3S2/c1-3-15(13-22(19)16-7-5-4-6-8-16)18-23(20,21)17-11-9-14(2)10-12-17/h3-12,15,18H,1,13H2,2H3/t15-,22?/m1/s1. The highest BCUT2D eigenvalue weighted by atomic mass is 32.2. The fourth-order valence-electron chi connectivity index (χ4n) is 1.97. The van der Waals surface area contributed by atoms with E-state index in [1.807, 2.05) is 13.0 Å². The van der Waals surface area contributed by atoms with Crippen LogP contribution < -0.4 is 4.72 Å². The van der Waals surface area contributed by atoms with Crippen LogP contribution in [0, 0.1) is 6.92 Å². The van der Waals surface area contributed by atoms with Gasteiger partial charge in [0.1, 0.15) is 0 Å². The Bertz CT molecular complexity index is 784. The van der Waals surface area contributed by atoms with Crippen molar-refractivity contribution in [3.63, 3.8) is 0 Å². The Morgan fingerprint density at radius 3 is 2.30 bits per heavy atom. The first-order valence-electron chi connectivity index (χ1n) is 7.07. The van der Waals surface area contributed by atoms with Gasteiger partial charge < -0.3 is 0 Å². The molecule has 0 saturated heterocycles. The lowest BCUT2D eigenvalue weighted by Gasteiger charge is -2.15. The molecule has 0 bridgehead atoms. The van der Waals surface area contributed by atoms with Gasteiger partial charge in [-0.25, -0.2) is 13.1 Å². The zero-order valence-electron chi connectivity index (χ0n) is 12.8. The Labute approximate surface area is 139 Å². The van der Waals surface area contributed by atoms with E-state index in [0.29, 0.717) is 4.90 Å². The summed E-state index contributed by atoms with van der Waals surface area (Å²) in [6.45, 7) is 5.53. The van der Waals surface area contributed by atoms with Gasteiger partial charge in [-0.1, -0.05) is 42.0 Å². The highest BCUT2D eigenvalue weighted by Gasteiger charge is 2.20. The van der Waals surface area contributed by atoms with Crippen molar-refractivity contribution in [3.05, 3.63) is 72.8 Å². The molecule has 4 nitrogen and oxygen atoms in total. The number of rotatable bonds is 7. The van der Waals surface area contributed by atoms with E-state index in [-0.39, 0.29) is 10.6 Å². The predicted molar refractivity (Wildman–Crippen MR) is 93.2 cm³/mol. The first-order chi connectivity index (χ1) is 10.9. The quantitative estimate of drug-likeness (QED) is 0.782. The average molecular weight is 349 g/mol. The molecule has 23 heavy (non-hydrogen) atoms. The fourth-order valence-corrected chi connectivity index (χ4v) is 4.48. The van der Waals surface area contributed by atoms with Gasteiger partial charge in [-0.15, -0.1) is 6.58 Å². The normalized spacial score (nSPS) is 14.1. The van der Waals surface area contributed by atoms with Gasteiger partial charge in [-0.2, -0.15) is 0 Å². The largest absolute Gasteiger partial charge is 0.254 e. The first-order valence-corrected chi connectivity index (χ1v) is 9.87. The minimum absolute atomic E-state index is 0.138. The molecule has 122 valence electrons. The van der Waals surface area contributed by atoms with Crippen LogP contribution in [0.25, 0.3) is 0 Å². The molecular formula is C17H19NO3S2. The van der Waals surface area contributed by atoms with Crippen LogP contribution >= 0.6 is 0 Å². The lowest BCUT2D eigenvalue weighted by molar-refractivity contribution is 0.576. The smallest absolute Gasteiger partial charge is 0.241 e. The van der Waals surface area contributed by atoms with Gasteiger partial charge in [-0.3, -0.25) is 4.21 Å². The Kier molecular flexibility index (Phi) is 5.87. The Morgan fingerprint density at radius 1 is 1.13 bits per heavy atom. The maximum atomic E-state index is 12.4. The van der Waals surface area contributed by atoms with Crippen molar-refractivity contribution in [1.82, 2.24) is 4.72 Å². The molecule has 0 aromatic heterocycles. The fraction of sp³-hybridized carbons (Fsp3) is 0.176. The molecular weight excluding hydrogens is 330 g/mol. The summed E-state index contributed by atoms with van der Waals surface area (Å²) in [5, 5.41) is 0. The summed E-state index contributed by atoms with van der Waals surface area (Å²) in [5.41, 5.74) is 0.981. The molecule has 2 rings (SSSR count). The lowest BCUT2D eigenvalue weighted by Crippen LogP contribution is -2.37. The van der Waals surface area contributed by atoms with E-state index in [2.05, 4.69) is 11.3 Å². The maximum Gasteiger partial charge on any atom is 0.241 e. The minimum Gasteiger partial charge on any atom is -0.254 e. The molecule has 2 aromatic rings. The zero-order chi connectivity index (χ0) is 16.9. The van der Waals surface area contributed by atoms with Gasteiger partial charge in [0.05, 0.1) is 21.7 Å². The molecule has 0 heterocycles. The van der Waals surface area contributed by atoms with Crippen LogP contribution in [0.1, 0.15) is 5.56 Å². The van der Waals surface area contributed by atoms with Gasteiger partial charge in [-0.05, 0) is 31.2 Å². The Morgan fingerprint density at radius 2 is 1.74 bits per heavy atom. The average Bonchev–Trinajstić information content (AvgIpc) is 2.55. The van der Waals surface area contributed by atoms with Crippen LogP contribution in [0.5, 0.6) is 0 Å². The predicted octanol–water partition coefficient (Wildman–Crippen LogP) is 2.64. The van der Waals surface area contributed by atoms with Crippen molar-refractivity contribution in [2.24, 2.45) is 0 Å². The second-order valence-corrected chi connectivity index (χ2v) is 8.31. The molecule has 0 aliphatic rings. The van der Waals surface area contributed by atoms with Crippen LogP contribution in [0.4, 0.5) is 0 Å². The number of hydrogen-bond donors (Lipinski definition) is 1. The SMILES string of the molecule is C=C[C@H](CS(=O)c1ccccc1)NS(=O)(=O)c1ccc(C)cc1. The van der Waals surface area contributed by atoms with Gasteiger partial charge in [0.25, 0.3) is 0 Å². The number of benzene rings is 2. The van der Waals surface area contributed by atoms with E-state index in [1.165, 1.54) is 6.08 Å². The number of aryl methyl sites for hydroxylation is 1. The summed E-state index contributed by atoms with van der Waals surface area (Å²) in [6.07, 6.45) is 1.46. The second kappa shape index (κ2) is 7.68. The van der Waals surface area contributed by atoms with Gasteiger partial charge >= 0.3 is 0 Å². The second-order valence-electron chi connectivity index (χ2n) is 5.10. The molecule has 0 radical (unpaired) electrons. The van der Waals surface area contributed by atoms with Crippen molar-refractivity contribution in [2.45, 2.75) is 22.8 Å². The number of hydrogen-bond acceptors (Lipinski definition) is 3. The molecule has 0 fully saturated rings. The van der Waals surface area contributed by atoms with Crippen molar-refractivity contribution in [2.75, 3.05) is 5.75 Å². The van der Waals surface area contributed by atoms with E-state index in [1.54, 1.807) is 48.5 Å². The summed E-state index contributed by atoms with van der Waals surface area (Å²) >= 11 is 0. The van der Waals surface area contributed by atoms with Gasteiger partial charge in [0.15, 0.2) is 0 Å². The first kappa shape index (κ1) is 17.6. The van der Waals surface area contributed by atoms with Crippen LogP contribution in [0.3, 0.4) is 0 Å². The lowest BCUT2D eigenvalue weighted by atomic mass is 10.2. The molecule has 0 aliphatic heterocycles. The zero-order valence-corrected chi connectivity index (χ0v) is 14.4. The van der Waals surface area contributed by atoms with E-state index >= 15 is 0 Å². The minimum atomic E-state index is -3.67. The Balaban J connectivity index is 2.11. The highest BCUT2D eigenvalue weighted by molar-refractivity contribution is 7.89. The summed E-state index contributed by atoms with van der Waals surface area (Å²) < 4.78 is 39.6. The third kappa shape index (κ3) is 4.86. The van der Waals surface area contributed by atoms with Crippen LogP contribution in [0.15, 0.2) is 77.0 Å². The molecule has 1 unspecified atom stereocenters. The molecule has 2 aromatic carbocycles. The van der Waals surface area contributed by atoms with E-state index in [9.17, 15) is 12.6 Å².